The summed E-state index contributed by atoms with van der Waals surface area (Å²) in [5.74, 6) is -0.267. The maximum Gasteiger partial charge on any atom is 0.295 e. The first kappa shape index (κ1) is 24.3. The van der Waals surface area contributed by atoms with E-state index in [-0.39, 0.29) is 17.4 Å². The molecule has 1 aliphatic rings. The lowest BCUT2D eigenvalue weighted by Crippen LogP contribution is -2.31. The van der Waals surface area contributed by atoms with Crippen LogP contribution in [0.2, 0.25) is 0 Å². The van der Waals surface area contributed by atoms with Gasteiger partial charge in [-0.15, -0.1) is 0 Å². The number of hydrogen-bond donors (Lipinski definition) is 1. The standard InChI is InChI=1S/C26H31NO6/c1-16(2)33-20-9-6-8-18(15-20)23-22(25(29)26(30)27(23)12-7-13-31-4)24(28)19-10-11-21(32-5)17(3)14-19/h6,8-11,14-16,23,28H,7,12-13H2,1-5H3/b24-22+. The van der Waals surface area contributed by atoms with Crippen LogP contribution in [0.15, 0.2) is 48.0 Å². The van der Waals surface area contributed by atoms with Crippen LogP contribution in [0.4, 0.5) is 0 Å². The smallest absolute Gasteiger partial charge is 0.295 e. The molecule has 0 aromatic heterocycles. The molecule has 1 saturated heterocycles. The van der Waals surface area contributed by atoms with Crippen molar-refractivity contribution < 1.29 is 28.9 Å². The van der Waals surface area contributed by atoms with Crippen molar-refractivity contribution in [1.29, 1.82) is 0 Å². The van der Waals surface area contributed by atoms with Gasteiger partial charge in [-0.1, -0.05) is 12.1 Å². The number of hydrogen-bond acceptors (Lipinski definition) is 6. The molecular weight excluding hydrogens is 422 g/mol. The van der Waals surface area contributed by atoms with Gasteiger partial charge in [-0.25, -0.2) is 0 Å². The zero-order valence-corrected chi connectivity index (χ0v) is 19.8. The highest BCUT2D eigenvalue weighted by Gasteiger charge is 2.45. The second-order valence-electron chi connectivity index (χ2n) is 8.26. The predicted molar refractivity (Wildman–Crippen MR) is 125 cm³/mol. The van der Waals surface area contributed by atoms with Gasteiger partial charge >= 0.3 is 0 Å². The van der Waals surface area contributed by atoms with Gasteiger partial charge in [-0.2, -0.15) is 0 Å². The second kappa shape index (κ2) is 10.5. The Hall–Kier alpha value is -3.32. The summed E-state index contributed by atoms with van der Waals surface area (Å²) in [6.07, 6.45) is 0.528. The zero-order valence-electron chi connectivity index (χ0n) is 19.8. The number of nitrogens with zero attached hydrogens (tertiary/aromatic N) is 1. The molecule has 1 aliphatic heterocycles. The van der Waals surface area contributed by atoms with E-state index in [4.69, 9.17) is 14.2 Å². The Kier molecular flexibility index (Phi) is 7.76. The van der Waals surface area contributed by atoms with Crippen molar-refractivity contribution in [3.63, 3.8) is 0 Å². The van der Waals surface area contributed by atoms with Gasteiger partial charge in [-0.3, -0.25) is 9.59 Å². The van der Waals surface area contributed by atoms with Gasteiger partial charge in [0.1, 0.15) is 17.3 Å². The number of rotatable bonds is 9. The van der Waals surface area contributed by atoms with Crippen molar-refractivity contribution >= 4 is 17.4 Å². The van der Waals surface area contributed by atoms with Crippen LogP contribution >= 0.6 is 0 Å². The summed E-state index contributed by atoms with van der Waals surface area (Å²) in [7, 11) is 3.16. The molecular formula is C26H31NO6. The van der Waals surface area contributed by atoms with Crippen LogP contribution < -0.4 is 9.47 Å². The number of ketones is 1. The minimum Gasteiger partial charge on any atom is -0.507 e. The highest BCUT2D eigenvalue weighted by molar-refractivity contribution is 6.46. The van der Waals surface area contributed by atoms with Crippen LogP contribution in [0, 0.1) is 6.92 Å². The first-order chi connectivity index (χ1) is 15.8. The van der Waals surface area contributed by atoms with Gasteiger partial charge in [0.05, 0.1) is 24.8 Å². The minimum absolute atomic E-state index is 0.0319. The van der Waals surface area contributed by atoms with Crippen LogP contribution in [0.3, 0.4) is 0 Å². The molecule has 2 aromatic carbocycles. The number of aliphatic hydroxyl groups excluding tert-OH is 1. The lowest BCUT2D eigenvalue weighted by Gasteiger charge is -2.26. The number of methoxy groups -OCH3 is 2. The van der Waals surface area contributed by atoms with Crippen molar-refractivity contribution in [2.75, 3.05) is 27.4 Å². The molecule has 1 atom stereocenters. The van der Waals surface area contributed by atoms with E-state index in [1.54, 1.807) is 32.4 Å². The topological polar surface area (TPSA) is 85.3 Å². The van der Waals surface area contributed by atoms with Gasteiger partial charge in [0.15, 0.2) is 0 Å². The SMILES string of the molecule is COCCCN1C(=O)C(=O)/C(=C(/O)c2ccc(OC)c(C)c2)C1c1cccc(OC(C)C)c1. The van der Waals surface area contributed by atoms with E-state index in [1.807, 2.05) is 45.0 Å². The molecule has 176 valence electrons. The Morgan fingerprint density at radius 3 is 2.52 bits per heavy atom. The summed E-state index contributed by atoms with van der Waals surface area (Å²) >= 11 is 0. The summed E-state index contributed by atoms with van der Waals surface area (Å²) in [6.45, 7) is 6.47. The fourth-order valence-corrected chi connectivity index (χ4v) is 4.05. The average molecular weight is 454 g/mol. The summed E-state index contributed by atoms with van der Waals surface area (Å²) in [4.78, 5) is 27.6. The molecule has 3 rings (SSSR count). The van der Waals surface area contributed by atoms with Crippen molar-refractivity contribution in [1.82, 2.24) is 4.90 Å². The molecule has 0 saturated carbocycles. The maximum absolute atomic E-state index is 13.1. The third kappa shape index (κ3) is 5.20. The number of benzene rings is 2. The van der Waals surface area contributed by atoms with Gasteiger partial charge in [0.25, 0.3) is 11.7 Å². The van der Waals surface area contributed by atoms with Gasteiger partial charge in [0, 0.05) is 25.8 Å². The van der Waals surface area contributed by atoms with E-state index in [2.05, 4.69) is 0 Å². The molecule has 0 spiro atoms. The number of Topliss-reactive ketones (excluding diaryl/α,β-unsaturated/α-hetero) is 1. The van der Waals surface area contributed by atoms with Crippen molar-refractivity contribution in [3.8, 4) is 11.5 Å². The van der Waals surface area contributed by atoms with E-state index in [0.717, 1.165) is 5.56 Å². The third-order valence-electron chi connectivity index (χ3n) is 5.50. The van der Waals surface area contributed by atoms with Crippen LogP contribution in [0.5, 0.6) is 11.5 Å². The molecule has 2 aromatic rings. The number of carbonyl (C=O) groups is 2. The summed E-state index contributed by atoms with van der Waals surface area (Å²) in [5.41, 5.74) is 2.00. The highest BCUT2D eigenvalue weighted by Crippen LogP contribution is 2.40. The number of carbonyl (C=O) groups excluding carboxylic acids is 2. The van der Waals surface area contributed by atoms with E-state index in [1.165, 1.54) is 4.90 Å². The molecule has 1 N–H and O–H groups in total. The number of amides is 1. The molecule has 1 fully saturated rings. The first-order valence-corrected chi connectivity index (χ1v) is 11.0. The quantitative estimate of drug-likeness (QED) is 0.264. The Morgan fingerprint density at radius 2 is 1.88 bits per heavy atom. The van der Waals surface area contributed by atoms with Crippen molar-refractivity contribution in [3.05, 3.63) is 64.7 Å². The molecule has 1 amide bonds. The molecule has 0 bridgehead atoms. The van der Waals surface area contributed by atoms with E-state index < -0.39 is 17.7 Å². The number of aryl methyl sites for hydroxylation is 1. The molecule has 7 heteroatoms. The monoisotopic (exact) mass is 453 g/mol. The molecule has 0 aliphatic carbocycles. The lowest BCUT2D eigenvalue weighted by atomic mass is 9.94. The summed E-state index contributed by atoms with van der Waals surface area (Å²) in [6, 6.07) is 11.7. The fourth-order valence-electron chi connectivity index (χ4n) is 4.05. The Labute approximate surface area is 194 Å². The predicted octanol–water partition coefficient (Wildman–Crippen LogP) is 4.25. The van der Waals surface area contributed by atoms with Crippen LogP contribution in [-0.2, 0) is 14.3 Å². The lowest BCUT2D eigenvalue weighted by molar-refractivity contribution is -0.140. The first-order valence-electron chi connectivity index (χ1n) is 11.0. The molecule has 7 nitrogen and oxygen atoms in total. The number of likely N-dealkylation sites (tertiary alicyclic amines) is 1. The second-order valence-corrected chi connectivity index (χ2v) is 8.26. The highest BCUT2D eigenvalue weighted by atomic mass is 16.5. The van der Waals surface area contributed by atoms with E-state index in [9.17, 15) is 14.7 Å². The maximum atomic E-state index is 13.1. The van der Waals surface area contributed by atoms with E-state index in [0.29, 0.717) is 42.2 Å². The largest absolute Gasteiger partial charge is 0.507 e. The number of ether oxygens (including phenoxy) is 3. The van der Waals surface area contributed by atoms with Crippen molar-refractivity contribution in [2.24, 2.45) is 0 Å². The Bertz CT molecular complexity index is 1060. The number of aliphatic hydroxyl groups is 1. The van der Waals surface area contributed by atoms with Crippen molar-refractivity contribution in [2.45, 2.75) is 39.3 Å². The third-order valence-corrected chi connectivity index (χ3v) is 5.50. The van der Waals surface area contributed by atoms with Crippen LogP contribution in [-0.4, -0.2) is 55.2 Å². The minimum atomic E-state index is -0.736. The van der Waals surface area contributed by atoms with E-state index >= 15 is 0 Å². The van der Waals surface area contributed by atoms with Gasteiger partial charge < -0.3 is 24.2 Å². The normalized spacial score (nSPS) is 17.6. The van der Waals surface area contributed by atoms with Crippen LogP contribution in [0.1, 0.15) is 43.0 Å². The van der Waals surface area contributed by atoms with Gasteiger partial charge in [-0.05, 0) is 68.7 Å². The molecule has 1 heterocycles. The van der Waals surface area contributed by atoms with Crippen LogP contribution in [0.25, 0.3) is 5.76 Å². The summed E-state index contributed by atoms with van der Waals surface area (Å²) < 4.78 is 16.3. The molecule has 1 unspecified atom stereocenters. The molecule has 0 radical (unpaired) electrons. The fraction of sp³-hybridized carbons (Fsp3) is 0.385. The average Bonchev–Trinajstić information content (AvgIpc) is 3.03. The Balaban J connectivity index is 2.13. The Morgan fingerprint density at radius 1 is 1.12 bits per heavy atom. The zero-order chi connectivity index (χ0) is 24.1. The summed E-state index contributed by atoms with van der Waals surface area (Å²) in [5, 5.41) is 11.2. The van der Waals surface area contributed by atoms with Gasteiger partial charge in [0.2, 0.25) is 0 Å². The molecule has 33 heavy (non-hydrogen) atoms.